The van der Waals surface area contributed by atoms with Crippen molar-refractivity contribution in [2.24, 2.45) is 11.3 Å². The second kappa shape index (κ2) is 5.91. The SMILES string of the molecule is OC[C@H]1CC(O)[C@@H](O)CN1CC1CCC2(CCC2)CC1. The van der Waals surface area contributed by atoms with Crippen LogP contribution in [-0.2, 0) is 0 Å². The van der Waals surface area contributed by atoms with Crippen LogP contribution < -0.4 is 0 Å². The van der Waals surface area contributed by atoms with Crippen molar-refractivity contribution in [3.05, 3.63) is 0 Å². The summed E-state index contributed by atoms with van der Waals surface area (Å²) in [6.45, 7) is 1.57. The van der Waals surface area contributed by atoms with Crippen molar-refractivity contribution in [1.82, 2.24) is 4.90 Å². The average Bonchev–Trinajstić information content (AvgIpc) is 2.42. The van der Waals surface area contributed by atoms with Gasteiger partial charge in [-0.1, -0.05) is 6.42 Å². The van der Waals surface area contributed by atoms with E-state index in [4.69, 9.17) is 0 Å². The van der Waals surface area contributed by atoms with E-state index in [0.29, 0.717) is 24.3 Å². The molecule has 3 atom stereocenters. The van der Waals surface area contributed by atoms with E-state index in [-0.39, 0.29) is 12.6 Å². The molecule has 0 aromatic heterocycles. The zero-order chi connectivity index (χ0) is 14.2. The Hall–Kier alpha value is -0.160. The summed E-state index contributed by atoms with van der Waals surface area (Å²) in [6, 6.07) is 0.0213. The normalized spacial score (nSPS) is 38.9. The van der Waals surface area contributed by atoms with Crippen LogP contribution in [0, 0.1) is 11.3 Å². The van der Waals surface area contributed by atoms with E-state index in [2.05, 4.69) is 4.90 Å². The highest BCUT2D eigenvalue weighted by atomic mass is 16.3. The van der Waals surface area contributed by atoms with E-state index in [1.165, 1.54) is 44.9 Å². The van der Waals surface area contributed by atoms with E-state index in [1.807, 2.05) is 0 Å². The van der Waals surface area contributed by atoms with Gasteiger partial charge < -0.3 is 15.3 Å². The van der Waals surface area contributed by atoms with Gasteiger partial charge in [0.2, 0.25) is 0 Å². The number of aliphatic hydroxyl groups excluding tert-OH is 3. The maximum absolute atomic E-state index is 9.85. The fraction of sp³-hybridized carbons (Fsp3) is 1.00. The van der Waals surface area contributed by atoms with Gasteiger partial charge in [0.25, 0.3) is 0 Å². The number of aliphatic hydroxyl groups is 3. The number of likely N-dealkylation sites (tertiary alicyclic amines) is 1. The first-order valence-electron chi connectivity index (χ1n) is 8.33. The van der Waals surface area contributed by atoms with Crippen molar-refractivity contribution in [3.8, 4) is 0 Å². The van der Waals surface area contributed by atoms with E-state index in [9.17, 15) is 15.3 Å². The third-order valence-electron chi connectivity index (χ3n) is 6.18. The summed E-state index contributed by atoms with van der Waals surface area (Å²) >= 11 is 0. The Labute approximate surface area is 121 Å². The molecule has 2 saturated carbocycles. The van der Waals surface area contributed by atoms with Gasteiger partial charge in [-0.3, -0.25) is 4.90 Å². The predicted octanol–water partition coefficient (Wildman–Crippen LogP) is 1.14. The second-order valence-electron chi connectivity index (χ2n) is 7.46. The molecule has 3 aliphatic rings. The topological polar surface area (TPSA) is 63.9 Å². The Morgan fingerprint density at radius 3 is 2.25 bits per heavy atom. The minimum atomic E-state index is -0.673. The molecule has 4 nitrogen and oxygen atoms in total. The number of β-amino-alcohol motifs (C(OH)–C–C–N with tert-alkyl or cyclic N) is 1. The lowest BCUT2D eigenvalue weighted by molar-refractivity contribution is -0.0780. The molecule has 2 aliphatic carbocycles. The third-order valence-corrected chi connectivity index (χ3v) is 6.18. The van der Waals surface area contributed by atoms with Crippen molar-refractivity contribution >= 4 is 0 Å². The van der Waals surface area contributed by atoms with Gasteiger partial charge in [0.15, 0.2) is 0 Å². The zero-order valence-corrected chi connectivity index (χ0v) is 12.4. The third kappa shape index (κ3) is 2.89. The first kappa shape index (κ1) is 14.8. The quantitative estimate of drug-likeness (QED) is 0.727. The van der Waals surface area contributed by atoms with Crippen LogP contribution >= 0.6 is 0 Å². The lowest BCUT2D eigenvalue weighted by Gasteiger charge is -2.48. The summed E-state index contributed by atoms with van der Waals surface area (Å²) in [5.74, 6) is 0.706. The molecule has 0 bridgehead atoms. The van der Waals surface area contributed by atoms with Crippen LogP contribution in [0.25, 0.3) is 0 Å². The fourth-order valence-corrected chi connectivity index (χ4v) is 4.49. The molecule has 1 aliphatic heterocycles. The zero-order valence-electron chi connectivity index (χ0n) is 12.4. The Bertz CT molecular complexity index is 322. The number of hydrogen-bond acceptors (Lipinski definition) is 4. The van der Waals surface area contributed by atoms with Crippen LogP contribution in [0.15, 0.2) is 0 Å². The average molecular weight is 283 g/mol. The van der Waals surface area contributed by atoms with Gasteiger partial charge in [0.05, 0.1) is 18.8 Å². The lowest BCUT2D eigenvalue weighted by atomic mass is 9.59. The molecule has 3 rings (SSSR count). The van der Waals surface area contributed by atoms with E-state index in [1.54, 1.807) is 0 Å². The number of rotatable bonds is 3. The summed E-state index contributed by atoms with van der Waals surface area (Å²) in [5, 5.41) is 29.1. The first-order valence-corrected chi connectivity index (χ1v) is 8.33. The van der Waals surface area contributed by atoms with E-state index < -0.39 is 12.2 Å². The van der Waals surface area contributed by atoms with Crippen molar-refractivity contribution in [3.63, 3.8) is 0 Å². The van der Waals surface area contributed by atoms with Crippen molar-refractivity contribution in [1.29, 1.82) is 0 Å². The summed E-state index contributed by atoms with van der Waals surface area (Å²) in [4.78, 5) is 2.21. The summed E-state index contributed by atoms with van der Waals surface area (Å²) in [6.07, 6.45) is 8.82. The minimum Gasteiger partial charge on any atom is -0.395 e. The Morgan fingerprint density at radius 2 is 1.70 bits per heavy atom. The van der Waals surface area contributed by atoms with Gasteiger partial charge in [-0.05, 0) is 56.3 Å². The molecule has 1 spiro atoms. The standard InChI is InChI=1S/C16H29NO3/c18-11-13-8-14(19)15(20)10-17(13)9-12-2-6-16(7-3-12)4-1-5-16/h12-15,18-20H,1-11H2/t13-,14?,15+/m1/s1. The van der Waals surface area contributed by atoms with Crippen LogP contribution in [0.1, 0.15) is 51.4 Å². The maximum Gasteiger partial charge on any atom is 0.0926 e. The van der Waals surface area contributed by atoms with Crippen LogP contribution in [0.5, 0.6) is 0 Å². The van der Waals surface area contributed by atoms with Crippen LogP contribution in [0.3, 0.4) is 0 Å². The molecule has 116 valence electrons. The van der Waals surface area contributed by atoms with Crippen LogP contribution in [-0.4, -0.2) is 58.2 Å². The summed E-state index contributed by atoms with van der Waals surface area (Å²) < 4.78 is 0. The molecule has 1 heterocycles. The molecule has 3 N–H and O–H groups in total. The van der Waals surface area contributed by atoms with Crippen LogP contribution in [0.2, 0.25) is 0 Å². The smallest absolute Gasteiger partial charge is 0.0926 e. The summed E-state index contributed by atoms with van der Waals surface area (Å²) in [7, 11) is 0. The Kier molecular flexibility index (Phi) is 4.37. The molecule has 3 fully saturated rings. The molecule has 1 unspecified atom stereocenters. The molecular formula is C16H29NO3. The number of nitrogens with zero attached hydrogens (tertiary/aromatic N) is 1. The molecule has 0 amide bonds. The molecule has 0 aromatic rings. The van der Waals surface area contributed by atoms with E-state index >= 15 is 0 Å². The Balaban J connectivity index is 1.51. The number of hydrogen-bond donors (Lipinski definition) is 3. The fourth-order valence-electron chi connectivity index (χ4n) is 4.49. The van der Waals surface area contributed by atoms with E-state index in [0.717, 1.165) is 6.54 Å². The molecule has 0 aromatic carbocycles. The van der Waals surface area contributed by atoms with Gasteiger partial charge >= 0.3 is 0 Å². The molecule has 20 heavy (non-hydrogen) atoms. The lowest BCUT2D eigenvalue weighted by Crippen LogP contribution is -2.55. The summed E-state index contributed by atoms with van der Waals surface area (Å²) in [5.41, 5.74) is 0.699. The van der Waals surface area contributed by atoms with Gasteiger partial charge in [0, 0.05) is 19.1 Å². The van der Waals surface area contributed by atoms with Gasteiger partial charge in [-0.2, -0.15) is 0 Å². The van der Waals surface area contributed by atoms with Crippen molar-refractivity contribution in [2.45, 2.75) is 69.6 Å². The molecule has 4 heteroatoms. The monoisotopic (exact) mass is 283 g/mol. The first-order chi connectivity index (χ1) is 9.62. The van der Waals surface area contributed by atoms with Gasteiger partial charge in [-0.25, -0.2) is 0 Å². The molecule has 0 radical (unpaired) electrons. The minimum absolute atomic E-state index is 0.0213. The predicted molar refractivity (Wildman–Crippen MR) is 77.3 cm³/mol. The second-order valence-corrected chi connectivity index (χ2v) is 7.46. The highest BCUT2D eigenvalue weighted by molar-refractivity contribution is 4.94. The Morgan fingerprint density at radius 1 is 1.00 bits per heavy atom. The number of piperidine rings is 1. The van der Waals surface area contributed by atoms with Crippen molar-refractivity contribution in [2.75, 3.05) is 19.7 Å². The highest BCUT2D eigenvalue weighted by Gasteiger charge is 2.41. The molecular weight excluding hydrogens is 254 g/mol. The van der Waals surface area contributed by atoms with Gasteiger partial charge in [-0.15, -0.1) is 0 Å². The van der Waals surface area contributed by atoms with Crippen molar-refractivity contribution < 1.29 is 15.3 Å². The van der Waals surface area contributed by atoms with Gasteiger partial charge in [0.1, 0.15) is 0 Å². The molecule has 1 saturated heterocycles. The maximum atomic E-state index is 9.85. The largest absolute Gasteiger partial charge is 0.395 e. The highest BCUT2D eigenvalue weighted by Crippen LogP contribution is 2.52. The van der Waals surface area contributed by atoms with Crippen LogP contribution in [0.4, 0.5) is 0 Å².